The molecule has 0 spiro atoms. The SMILES string of the molecule is COC(=O)C(C)(C)C(C)=O.COC(=O)C(C)(C)C(C)NCc1ccccc1. The third-order valence-corrected chi connectivity index (χ3v) is 4.83. The first-order chi connectivity index (χ1) is 12.4. The molecule has 0 amide bonds. The van der Waals surface area contributed by atoms with Crippen LogP contribution in [0.2, 0.25) is 0 Å². The molecule has 1 aromatic rings. The summed E-state index contributed by atoms with van der Waals surface area (Å²) in [5.41, 5.74) is -0.307. The molecule has 1 rings (SSSR count). The number of methoxy groups -OCH3 is 2. The van der Waals surface area contributed by atoms with Crippen LogP contribution in [0.5, 0.6) is 0 Å². The molecule has 0 bridgehead atoms. The summed E-state index contributed by atoms with van der Waals surface area (Å²) >= 11 is 0. The monoisotopic (exact) mass is 379 g/mol. The van der Waals surface area contributed by atoms with E-state index in [-0.39, 0.29) is 17.8 Å². The van der Waals surface area contributed by atoms with E-state index in [1.54, 1.807) is 13.8 Å². The van der Waals surface area contributed by atoms with Gasteiger partial charge in [0.1, 0.15) is 11.2 Å². The summed E-state index contributed by atoms with van der Waals surface area (Å²) in [5, 5.41) is 3.35. The summed E-state index contributed by atoms with van der Waals surface area (Å²) in [4.78, 5) is 33.2. The standard InChI is InChI=1S/C14H21NO2.C7H12O3/c1-11(14(2,3)13(16)17-4)15-10-12-8-6-5-7-9-12;1-5(8)7(2,3)6(9)10-4/h5-9,11,15H,10H2,1-4H3;1-4H3. The van der Waals surface area contributed by atoms with Crippen molar-refractivity contribution in [3.8, 4) is 0 Å². The summed E-state index contributed by atoms with van der Waals surface area (Å²) in [6, 6.07) is 10.2. The Bertz CT molecular complexity index is 623. The number of ketones is 1. The van der Waals surface area contributed by atoms with Crippen molar-refractivity contribution in [1.29, 1.82) is 0 Å². The largest absolute Gasteiger partial charge is 0.469 e. The Morgan fingerprint density at radius 3 is 1.81 bits per heavy atom. The number of Topliss-reactive ketones (excluding diaryl/α,β-unsaturated/α-hetero) is 1. The second kappa shape index (κ2) is 10.8. The molecule has 0 aliphatic rings. The van der Waals surface area contributed by atoms with Gasteiger partial charge in [-0.05, 0) is 47.1 Å². The lowest BCUT2D eigenvalue weighted by Crippen LogP contribution is -2.44. The highest BCUT2D eigenvalue weighted by Crippen LogP contribution is 2.22. The number of hydrogen-bond donors (Lipinski definition) is 1. The topological polar surface area (TPSA) is 81.7 Å². The average molecular weight is 379 g/mol. The molecule has 1 atom stereocenters. The van der Waals surface area contributed by atoms with Crippen LogP contribution in [0.25, 0.3) is 0 Å². The molecule has 0 aliphatic carbocycles. The number of benzene rings is 1. The molecule has 0 fully saturated rings. The molecule has 6 nitrogen and oxygen atoms in total. The quantitative estimate of drug-likeness (QED) is 0.579. The van der Waals surface area contributed by atoms with Crippen LogP contribution >= 0.6 is 0 Å². The molecule has 152 valence electrons. The molecule has 27 heavy (non-hydrogen) atoms. The Morgan fingerprint density at radius 1 is 0.963 bits per heavy atom. The number of carbonyl (C=O) groups excluding carboxylic acids is 3. The first kappa shape index (κ1) is 24.8. The van der Waals surface area contributed by atoms with E-state index >= 15 is 0 Å². The van der Waals surface area contributed by atoms with E-state index in [1.165, 1.54) is 26.7 Å². The van der Waals surface area contributed by atoms with Gasteiger partial charge in [0.05, 0.1) is 19.6 Å². The van der Waals surface area contributed by atoms with Gasteiger partial charge in [0.2, 0.25) is 0 Å². The normalized spacial score (nSPS) is 12.3. The summed E-state index contributed by atoms with van der Waals surface area (Å²) < 4.78 is 9.23. The first-order valence-electron chi connectivity index (χ1n) is 8.86. The Labute approximate surface area is 162 Å². The molecule has 0 saturated carbocycles. The van der Waals surface area contributed by atoms with Gasteiger partial charge in [0, 0.05) is 12.6 Å². The molecule has 0 saturated heterocycles. The van der Waals surface area contributed by atoms with Gasteiger partial charge in [-0.1, -0.05) is 30.3 Å². The fourth-order valence-electron chi connectivity index (χ4n) is 1.96. The minimum Gasteiger partial charge on any atom is -0.469 e. The van der Waals surface area contributed by atoms with Crippen LogP contribution < -0.4 is 5.32 Å². The van der Waals surface area contributed by atoms with Crippen molar-refractivity contribution in [2.24, 2.45) is 10.8 Å². The Kier molecular flexibility index (Phi) is 9.94. The van der Waals surface area contributed by atoms with Crippen LogP contribution in [0.15, 0.2) is 30.3 Å². The first-order valence-corrected chi connectivity index (χ1v) is 8.86. The molecule has 6 heteroatoms. The van der Waals surface area contributed by atoms with Gasteiger partial charge in [-0.3, -0.25) is 14.4 Å². The number of carbonyl (C=O) groups is 3. The van der Waals surface area contributed by atoms with Gasteiger partial charge in [-0.15, -0.1) is 0 Å². The predicted octanol–water partition coefficient (Wildman–Crippen LogP) is 3.14. The number of ether oxygens (including phenoxy) is 2. The van der Waals surface area contributed by atoms with Crippen molar-refractivity contribution in [2.75, 3.05) is 14.2 Å². The fraction of sp³-hybridized carbons (Fsp3) is 0.571. The van der Waals surface area contributed by atoms with Crippen molar-refractivity contribution in [3.63, 3.8) is 0 Å². The van der Waals surface area contributed by atoms with E-state index < -0.39 is 16.8 Å². The lowest BCUT2D eigenvalue weighted by atomic mass is 9.85. The molecular weight excluding hydrogens is 346 g/mol. The maximum absolute atomic E-state index is 11.6. The molecule has 1 aromatic carbocycles. The zero-order chi connectivity index (χ0) is 21.3. The van der Waals surface area contributed by atoms with Crippen LogP contribution in [-0.4, -0.2) is 38.0 Å². The van der Waals surface area contributed by atoms with Crippen LogP contribution in [0.4, 0.5) is 0 Å². The van der Waals surface area contributed by atoms with Crippen molar-refractivity contribution in [2.45, 2.75) is 54.1 Å². The van der Waals surface area contributed by atoms with Gasteiger partial charge in [0.15, 0.2) is 0 Å². The Hall–Kier alpha value is -2.21. The lowest BCUT2D eigenvalue weighted by Gasteiger charge is -2.29. The third-order valence-electron chi connectivity index (χ3n) is 4.83. The van der Waals surface area contributed by atoms with Crippen molar-refractivity contribution in [1.82, 2.24) is 5.32 Å². The second-order valence-corrected chi connectivity index (χ2v) is 7.47. The molecule has 1 unspecified atom stereocenters. The average Bonchev–Trinajstić information content (AvgIpc) is 2.65. The highest BCUT2D eigenvalue weighted by atomic mass is 16.5. The molecule has 0 heterocycles. The zero-order valence-electron chi connectivity index (χ0n) is 17.7. The number of esters is 2. The fourth-order valence-corrected chi connectivity index (χ4v) is 1.96. The van der Waals surface area contributed by atoms with Gasteiger partial charge in [-0.25, -0.2) is 0 Å². The van der Waals surface area contributed by atoms with Gasteiger partial charge in [0.25, 0.3) is 0 Å². The number of hydrogen-bond acceptors (Lipinski definition) is 6. The van der Waals surface area contributed by atoms with E-state index in [1.807, 2.05) is 39.0 Å². The summed E-state index contributed by atoms with van der Waals surface area (Å²) in [5.74, 6) is -0.857. The van der Waals surface area contributed by atoms with Crippen LogP contribution in [-0.2, 0) is 30.4 Å². The minimum atomic E-state index is -0.991. The highest BCUT2D eigenvalue weighted by Gasteiger charge is 2.35. The van der Waals surface area contributed by atoms with E-state index in [9.17, 15) is 14.4 Å². The lowest BCUT2D eigenvalue weighted by molar-refractivity contribution is -0.155. The third kappa shape index (κ3) is 7.51. The summed E-state index contributed by atoms with van der Waals surface area (Å²) in [7, 11) is 2.70. The van der Waals surface area contributed by atoms with Gasteiger partial charge in [-0.2, -0.15) is 0 Å². The smallest absolute Gasteiger partial charge is 0.318 e. The second-order valence-electron chi connectivity index (χ2n) is 7.47. The van der Waals surface area contributed by atoms with Gasteiger partial charge >= 0.3 is 11.9 Å². The Morgan fingerprint density at radius 2 is 1.44 bits per heavy atom. The highest BCUT2D eigenvalue weighted by molar-refractivity contribution is 6.01. The van der Waals surface area contributed by atoms with E-state index in [0.29, 0.717) is 0 Å². The molecule has 1 N–H and O–H groups in total. The van der Waals surface area contributed by atoms with Crippen LogP contribution in [0, 0.1) is 10.8 Å². The van der Waals surface area contributed by atoms with Crippen molar-refractivity contribution < 1.29 is 23.9 Å². The molecule has 0 radical (unpaired) electrons. The molecule has 0 aliphatic heterocycles. The maximum atomic E-state index is 11.6. The number of nitrogens with one attached hydrogen (secondary N) is 1. The number of rotatable bonds is 7. The maximum Gasteiger partial charge on any atom is 0.318 e. The Balaban J connectivity index is 0.000000580. The summed E-state index contributed by atoms with van der Waals surface area (Å²) in [6.45, 7) is 11.0. The van der Waals surface area contributed by atoms with Crippen LogP contribution in [0.3, 0.4) is 0 Å². The van der Waals surface area contributed by atoms with Crippen molar-refractivity contribution in [3.05, 3.63) is 35.9 Å². The summed E-state index contributed by atoms with van der Waals surface area (Å²) in [6.07, 6.45) is 0. The minimum absolute atomic E-state index is 0.0511. The van der Waals surface area contributed by atoms with E-state index in [4.69, 9.17) is 4.74 Å². The van der Waals surface area contributed by atoms with E-state index in [0.717, 1.165) is 6.54 Å². The zero-order valence-corrected chi connectivity index (χ0v) is 17.7. The van der Waals surface area contributed by atoms with Crippen LogP contribution in [0.1, 0.15) is 47.1 Å². The van der Waals surface area contributed by atoms with Gasteiger partial charge < -0.3 is 14.8 Å². The van der Waals surface area contributed by atoms with Crippen molar-refractivity contribution >= 4 is 17.7 Å². The molecule has 0 aromatic heterocycles. The predicted molar refractivity (Wildman–Crippen MR) is 105 cm³/mol. The van der Waals surface area contributed by atoms with E-state index in [2.05, 4.69) is 22.2 Å². The molecular formula is C21H33NO5.